The standard InChI is InChI=1S/C13H14N2O2/c1-9(2)17-11-5-3-10(4-6-11)12-7-8-14-13(16)15-12/h3-9H,1-2H3,(H,14,15,16). The fraction of sp³-hybridized carbons (Fsp3) is 0.231. The van der Waals surface area contributed by atoms with E-state index in [2.05, 4.69) is 9.97 Å². The molecule has 0 saturated carbocycles. The highest BCUT2D eigenvalue weighted by Gasteiger charge is 2.00. The quantitative estimate of drug-likeness (QED) is 0.879. The van der Waals surface area contributed by atoms with Crippen LogP contribution in [-0.2, 0) is 0 Å². The average molecular weight is 230 g/mol. The van der Waals surface area contributed by atoms with Crippen molar-refractivity contribution in [1.29, 1.82) is 0 Å². The van der Waals surface area contributed by atoms with Gasteiger partial charge in [-0.25, -0.2) is 9.78 Å². The fourth-order valence-electron chi connectivity index (χ4n) is 1.52. The van der Waals surface area contributed by atoms with Crippen LogP contribution in [0, 0.1) is 0 Å². The number of hydrogen-bond donors (Lipinski definition) is 1. The number of aromatic nitrogens is 2. The minimum atomic E-state index is -0.343. The van der Waals surface area contributed by atoms with Gasteiger partial charge in [0.2, 0.25) is 0 Å². The van der Waals surface area contributed by atoms with Crippen molar-refractivity contribution in [2.75, 3.05) is 0 Å². The number of H-pyrrole nitrogens is 1. The third-order valence-electron chi connectivity index (χ3n) is 2.21. The van der Waals surface area contributed by atoms with Gasteiger partial charge in [-0.1, -0.05) is 0 Å². The largest absolute Gasteiger partial charge is 0.491 e. The van der Waals surface area contributed by atoms with Gasteiger partial charge in [-0.05, 0) is 49.7 Å². The Morgan fingerprint density at radius 2 is 1.88 bits per heavy atom. The van der Waals surface area contributed by atoms with Gasteiger partial charge in [-0.3, -0.25) is 0 Å². The van der Waals surface area contributed by atoms with Crippen LogP contribution >= 0.6 is 0 Å². The van der Waals surface area contributed by atoms with Crippen LogP contribution in [0.3, 0.4) is 0 Å². The minimum Gasteiger partial charge on any atom is -0.491 e. The van der Waals surface area contributed by atoms with Crippen LogP contribution < -0.4 is 10.4 Å². The third-order valence-corrected chi connectivity index (χ3v) is 2.21. The molecule has 0 spiro atoms. The van der Waals surface area contributed by atoms with E-state index in [1.165, 1.54) is 6.20 Å². The summed E-state index contributed by atoms with van der Waals surface area (Å²) in [6.07, 6.45) is 1.65. The zero-order valence-electron chi connectivity index (χ0n) is 9.81. The van der Waals surface area contributed by atoms with Gasteiger partial charge in [0.15, 0.2) is 0 Å². The topological polar surface area (TPSA) is 55.0 Å². The lowest BCUT2D eigenvalue weighted by Gasteiger charge is -2.09. The van der Waals surface area contributed by atoms with Gasteiger partial charge in [0, 0.05) is 6.20 Å². The van der Waals surface area contributed by atoms with Crippen molar-refractivity contribution >= 4 is 0 Å². The highest BCUT2D eigenvalue weighted by molar-refractivity contribution is 5.59. The maximum Gasteiger partial charge on any atom is 0.345 e. The highest BCUT2D eigenvalue weighted by atomic mass is 16.5. The maximum absolute atomic E-state index is 11.1. The van der Waals surface area contributed by atoms with Crippen LogP contribution in [0.2, 0.25) is 0 Å². The second-order valence-electron chi connectivity index (χ2n) is 3.98. The number of hydrogen-bond acceptors (Lipinski definition) is 3. The van der Waals surface area contributed by atoms with Gasteiger partial charge in [0.1, 0.15) is 5.75 Å². The molecule has 2 rings (SSSR count). The Morgan fingerprint density at radius 3 is 2.47 bits per heavy atom. The summed E-state index contributed by atoms with van der Waals surface area (Å²) >= 11 is 0. The normalized spacial score (nSPS) is 10.5. The summed E-state index contributed by atoms with van der Waals surface area (Å²) in [4.78, 5) is 17.3. The molecule has 1 aromatic carbocycles. The summed E-state index contributed by atoms with van der Waals surface area (Å²) in [6.45, 7) is 3.96. The molecule has 0 unspecified atom stereocenters. The molecule has 1 heterocycles. The summed E-state index contributed by atoms with van der Waals surface area (Å²) in [6, 6.07) is 9.34. The number of nitrogens with zero attached hydrogens (tertiary/aromatic N) is 1. The zero-order valence-corrected chi connectivity index (χ0v) is 9.81. The van der Waals surface area contributed by atoms with E-state index in [0.29, 0.717) is 0 Å². The lowest BCUT2D eigenvalue weighted by molar-refractivity contribution is 0.242. The van der Waals surface area contributed by atoms with Gasteiger partial charge in [-0.2, -0.15) is 0 Å². The van der Waals surface area contributed by atoms with Crippen LogP contribution in [0.5, 0.6) is 5.75 Å². The molecule has 4 heteroatoms. The van der Waals surface area contributed by atoms with Crippen molar-refractivity contribution < 1.29 is 4.74 Å². The highest BCUT2D eigenvalue weighted by Crippen LogP contribution is 2.20. The first-order valence-electron chi connectivity index (χ1n) is 5.47. The van der Waals surface area contributed by atoms with E-state index >= 15 is 0 Å². The molecule has 0 aliphatic heterocycles. The molecule has 88 valence electrons. The van der Waals surface area contributed by atoms with Gasteiger partial charge < -0.3 is 9.72 Å². The van der Waals surface area contributed by atoms with Gasteiger partial charge >= 0.3 is 5.69 Å². The van der Waals surface area contributed by atoms with Crippen molar-refractivity contribution in [3.8, 4) is 17.0 Å². The molecule has 1 N–H and O–H groups in total. The van der Waals surface area contributed by atoms with E-state index in [-0.39, 0.29) is 11.8 Å². The molecule has 2 aromatic rings. The SMILES string of the molecule is CC(C)Oc1ccc(-c2ccnc(=O)[nH]2)cc1. The molecular weight excluding hydrogens is 216 g/mol. The number of aromatic amines is 1. The summed E-state index contributed by atoms with van der Waals surface area (Å²) in [5.74, 6) is 0.820. The van der Waals surface area contributed by atoms with E-state index in [9.17, 15) is 4.79 Å². The van der Waals surface area contributed by atoms with Gasteiger partial charge in [-0.15, -0.1) is 0 Å². The Kier molecular flexibility index (Phi) is 3.23. The fourth-order valence-corrected chi connectivity index (χ4v) is 1.52. The van der Waals surface area contributed by atoms with Crippen LogP contribution in [0.4, 0.5) is 0 Å². The number of rotatable bonds is 3. The monoisotopic (exact) mass is 230 g/mol. The van der Waals surface area contributed by atoms with E-state index in [1.807, 2.05) is 38.1 Å². The number of ether oxygens (including phenoxy) is 1. The van der Waals surface area contributed by atoms with E-state index in [1.54, 1.807) is 6.07 Å². The Labute approximate surface area is 99.3 Å². The first-order chi connectivity index (χ1) is 8.15. The Morgan fingerprint density at radius 1 is 1.18 bits per heavy atom. The molecule has 0 bridgehead atoms. The van der Waals surface area contributed by atoms with Crippen LogP contribution in [0.25, 0.3) is 11.3 Å². The Bertz CT molecular complexity index is 544. The molecule has 0 aliphatic carbocycles. The molecule has 17 heavy (non-hydrogen) atoms. The number of nitrogens with one attached hydrogen (secondary N) is 1. The molecule has 4 nitrogen and oxygen atoms in total. The van der Waals surface area contributed by atoms with Crippen LogP contribution in [0.15, 0.2) is 41.3 Å². The molecular formula is C13H14N2O2. The summed E-state index contributed by atoms with van der Waals surface area (Å²) < 4.78 is 5.54. The maximum atomic E-state index is 11.1. The van der Waals surface area contributed by atoms with Crippen molar-refractivity contribution in [3.05, 3.63) is 47.0 Å². The first kappa shape index (κ1) is 11.4. The van der Waals surface area contributed by atoms with Crippen molar-refractivity contribution in [2.45, 2.75) is 20.0 Å². The lowest BCUT2D eigenvalue weighted by Crippen LogP contribution is -2.09. The molecule has 0 radical (unpaired) electrons. The second-order valence-corrected chi connectivity index (χ2v) is 3.98. The predicted molar refractivity (Wildman–Crippen MR) is 66.1 cm³/mol. The molecule has 0 saturated heterocycles. The molecule has 0 amide bonds. The smallest absolute Gasteiger partial charge is 0.345 e. The van der Waals surface area contributed by atoms with Crippen LogP contribution in [0.1, 0.15) is 13.8 Å². The van der Waals surface area contributed by atoms with Gasteiger partial charge in [0.05, 0.1) is 11.8 Å². The number of benzene rings is 1. The third kappa shape index (κ3) is 2.93. The van der Waals surface area contributed by atoms with Crippen molar-refractivity contribution in [1.82, 2.24) is 9.97 Å². The predicted octanol–water partition coefficient (Wildman–Crippen LogP) is 2.22. The van der Waals surface area contributed by atoms with Crippen molar-refractivity contribution in [3.63, 3.8) is 0 Å². The van der Waals surface area contributed by atoms with E-state index < -0.39 is 0 Å². The second kappa shape index (κ2) is 4.82. The minimum absolute atomic E-state index is 0.154. The lowest BCUT2D eigenvalue weighted by atomic mass is 10.1. The molecule has 0 fully saturated rings. The van der Waals surface area contributed by atoms with E-state index in [0.717, 1.165) is 17.0 Å². The molecule has 0 aliphatic rings. The Balaban J connectivity index is 2.26. The summed E-state index contributed by atoms with van der Waals surface area (Å²) in [5.41, 5.74) is 1.34. The van der Waals surface area contributed by atoms with Crippen LogP contribution in [-0.4, -0.2) is 16.1 Å². The van der Waals surface area contributed by atoms with E-state index in [4.69, 9.17) is 4.74 Å². The zero-order chi connectivity index (χ0) is 12.3. The summed E-state index contributed by atoms with van der Waals surface area (Å²) in [7, 11) is 0. The summed E-state index contributed by atoms with van der Waals surface area (Å²) in [5, 5.41) is 0. The Hall–Kier alpha value is -2.10. The first-order valence-corrected chi connectivity index (χ1v) is 5.47. The molecule has 0 atom stereocenters. The average Bonchev–Trinajstić information content (AvgIpc) is 2.29. The van der Waals surface area contributed by atoms with Gasteiger partial charge in [0.25, 0.3) is 0 Å². The van der Waals surface area contributed by atoms with Crippen molar-refractivity contribution in [2.24, 2.45) is 0 Å². The molecule has 1 aromatic heterocycles.